The molecule has 4 nitrogen and oxygen atoms in total. The maximum atomic E-state index is 5.83. The maximum absolute atomic E-state index is 5.83. The Bertz CT molecular complexity index is 362. The summed E-state index contributed by atoms with van der Waals surface area (Å²) < 4.78 is 5.34. The monoisotopic (exact) mass is 235 g/mol. The van der Waals surface area contributed by atoms with Crippen LogP contribution in [0.4, 0.5) is 11.4 Å². The first-order valence-electron chi connectivity index (χ1n) is 6.16. The highest BCUT2D eigenvalue weighted by molar-refractivity contribution is 5.57. The summed E-state index contributed by atoms with van der Waals surface area (Å²) in [6.45, 7) is 4.86. The molecule has 4 heteroatoms. The number of morpholine rings is 1. The van der Waals surface area contributed by atoms with E-state index in [2.05, 4.69) is 16.3 Å². The number of anilines is 2. The third-order valence-corrected chi connectivity index (χ3v) is 3.20. The van der Waals surface area contributed by atoms with E-state index >= 15 is 0 Å². The summed E-state index contributed by atoms with van der Waals surface area (Å²) in [5.74, 6) is 0. The van der Waals surface area contributed by atoms with E-state index in [1.165, 1.54) is 11.3 Å². The first kappa shape index (κ1) is 12.2. The Morgan fingerprint density at radius 1 is 1.35 bits per heavy atom. The summed E-state index contributed by atoms with van der Waals surface area (Å²) in [7, 11) is 1.95. The van der Waals surface area contributed by atoms with Crippen LogP contribution in [0.2, 0.25) is 0 Å². The van der Waals surface area contributed by atoms with Gasteiger partial charge in [-0.25, -0.2) is 0 Å². The number of ether oxygens (including phenoxy) is 1. The second kappa shape index (κ2) is 5.89. The number of nitrogens with two attached hydrogens (primary N) is 1. The lowest BCUT2D eigenvalue weighted by molar-refractivity contribution is 0.0384. The molecule has 0 aromatic heterocycles. The van der Waals surface area contributed by atoms with E-state index in [0.29, 0.717) is 0 Å². The van der Waals surface area contributed by atoms with Gasteiger partial charge in [0.1, 0.15) is 0 Å². The Balaban J connectivity index is 1.95. The van der Waals surface area contributed by atoms with Crippen molar-refractivity contribution in [3.63, 3.8) is 0 Å². The van der Waals surface area contributed by atoms with Crippen LogP contribution < -0.4 is 11.1 Å². The normalized spacial score (nSPS) is 17.0. The number of nitrogens with one attached hydrogen (secondary N) is 1. The molecule has 1 aromatic carbocycles. The molecule has 1 fully saturated rings. The van der Waals surface area contributed by atoms with Crippen molar-refractivity contribution in [3.8, 4) is 0 Å². The molecule has 0 radical (unpaired) electrons. The van der Waals surface area contributed by atoms with Crippen molar-refractivity contribution in [1.82, 2.24) is 4.90 Å². The van der Waals surface area contributed by atoms with Crippen LogP contribution in [0.15, 0.2) is 18.2 Å². The highest BCUT2D eigenvalue weighted by Crippen LogP contribution is 2.19. The molecule has 0 spiro atoms. The zero-order valence-electron chi connectivity index (χ0n) is 10.4. The second-order valence-corrected chi connectivity index (χ2v) is 4.37. The van der Waals surface area contributed by atoms with Crippen molar-refractivity contribution in [3.05, 3.63) is 23.8 Å². The van der Waals surface area contributed by atoms with Gasteiger partial charge in [0, 0.05) is 38.1 Å². The third-order valence-electron chi connectivity index (χ3n) is 3.20. The van der Waals surface area contributed by atoms with Gasteiger partial charge in [-0.1, -0.05) is 0 Å². The summed E-state index contributed by atoms with van der Waals surface area (Å²) in [5, 5.41) is 3.21. The molecule has 0 bridgehead atoms. The average molecular weight is 235 g/mol. The molecule has 3 N–H and O–H groups in total. The van der Waals surface area contributed by atoms with Crippen molar-refractivity contribution in [2.45, 2.75) is 6.42 Å². The van der Waals surface area contributed by atoms with Crippen LogP contribution in [-0.4, -0.2) is 44.8 Å². The van der Waals surface area contributed by atoms with E-state index in [-0.39, 0.29) is 0 Å². The summed E-state index contributed by atoms with van der Waals surface area (Å²) in [5.41, 5.74) is 9.13. The predicted octanol–water partition coefficient (Wildman–Crippen LogP) is 1.19. The van der Waals surface area contributed by atoms with Crippen molar-refractivity contribution in [2.24, 2.45) is 0 Å². The topological polar surface area (TPSA) is 50.5 Å². The maximum Gasteiger partial charge on any atom is 0.0594 e. The van der Waals surface area contributed by atoms with Crippen molar-refractivity contribution in [1.29, 1.82) is 0 Å². The number of hydrogen-bond acceptors (Lipinski definition) is 4. The minimum Gasteiger partial charge on any atom is -0.399 e. The van der Waals surface area contributed by atoms with Crippen molar-refractivity contribution in [2.75, 3.05) is 50.9 Å². The van der Waals surface area contributed by atoms with Crippen molar-refractivity contribution >= 4 is 11.4 Å². The second-order valence-electron chi connectivity index (χ2n) is 4.37. The molecule has 1 aliphatic heterocycles. The van der Waals surface area contributed by atoms with Gasteiger partial charge in [-0.05, 0) is 30.2 Å². The van der Waals surface area contributed by atoms with Crippen LogP contribution in [0.1, 0.15) is 5.56 Å². The number of rotatable bonds is 4. The zero-order chi connectivity index (χ0) is 12.1. The first-order valence-corrected chi connectivity index (χ1v) is 6.16. The largest absolute Gasteiger partial charge is 0.399 e. The molecule has 0 unspecified atom stereocenters. The molecule has 0 saturated carbocycles. The molecule has 1 aromatic rings. The Morgan fingerprint density at radius 3 is 2.82 bits per heavy atom. The Hall–Kier alpha value is -1.26. The summed E-state index contributed by atoms with van der Waals surface area (Å²) in [4.78, 5) is 2.44. The Kier molecular flexibility index (Phi) is 4.23. The SMILES string of the molecule is CNc1ccc(N)cc1CCN1CCOCC1. The van der Waals surface area contributed by atoms with Gasteiger partial charge in [0.2, 0.25) is 0 Å². The molecule has 0 atom stereocenters. The van der Waals surface area contributed by atoms with Gasteiger partial charge in [-0.2, -0.15) is 0 Å². The number of benzene rings is 1. The van der Waals surface area contributed by atoms with Crippen LogP contribution in [0.3, 0.4) is 0 Å². The fourth-order valence-electron chi connectivity index (χ4n) is 2.17. The lowest BCUT2D eigenvalue weighted by atomic mass is 10.1. The molecule has 1 saturated heterocycles. The van der Waals surface area contributed by atoms with E-state index in [9.17, 15) is 0 Å². The highest BCUT2D eigenvalue weighted by Gasteiger charge is 2.11. The highest BCUT2D eigenvalue weighted by atomic mass is 16.5. The molecule has 0 amide bonds. The van der Waals surface area contributed by atoms with Crippen LogP contribution in [0.5, 0.6) is 0 Å². The smallest absolute Gasteiger partial charge is 0.0594 e. The van der Waals surface area contributed by atoms with Crippen LogP contribution in [0.25, 0.3) is 0 Å². The van der Waals surface area contributed by atoms with E-state index in [4.69, 9.17) is 10.5 Å². The van der Waals surface area contributed by atoms with Gasteiger partial charge in [-0.15, -0.1) is 0 Å². The fourth-order valence-corrected chi connectivity index (χ4v) is 2.17. The lowest BCUT2D eigenvalue weighted by Crippen LogP contribution is -2.37. The van der Waals surface area contributed by atoms with Gasteiger partial charge >= 0.3 is 0 Å². The molecule has 94 valence electrons. The van der Waals surface area contributed by atoms with Gasteiger partial charge in [0.05, 0.1) is 13.2 Å². The number of hydrogen-bond donors (Lipinski definition) is 2. The van der Waals surface area contributed by atoms with Crippen LogP contribution in [-0.2, 0) is 11.2 Å². The van der Waals surface area contributed by atoms with Gasteiger partial charge in [0.25, 0.3) is 0 Å². The molecular weight excluding hydrogens is 214 g/mol. The standard InChI is InChI=1S/C13H21N3O/c1-15-13-3-2-12(14)10-11(13)4-5-16-6-8-17-9-7-16/h2-3,10,15H,4-9,14H2,1H3. The average Bonchev–Trinajstić information content (AvgIpc) is 2.38. The van der Waals surface area contributed by atoms with E-state index < -0.39 is 0 Å². The molecule has 1 heterocycles. The van der Waals surface area contributed by atoms with E-state index in [1.54, 1.807) is 0 Å². The minimum atomic E-state index is 0.834. The zero-order valence-corrected chi connectivity index (χ0v) is 10.4. The Labute approximate surface area is 103 Å². The molecule has 17 heavy (non-hydrogen) atoms. The summed E-state index contributed by atoms with van der Waals surface area (Å²) in [6, 6.07) is 6.04. The first-order chi connectivity index (χ1) is 8.29. The molecular formula is C13H21N3O. The Morgan fingerprint density at radius 2 is 2.12 bits per heavy atom. The summed E-state index contributed by atoms with van der Waals surface area (Å²) >= 11 is 0. The van der Waals surface area contributed by atoms with Crippen molar-refractivity contribution < 1.29 is 4.74 Å². The van der Waals surface area contributed by atoms with Gasteiger partial charge in [0.15, 0.2) is 0 Å². The summed E-state index contributed by atoms with van der Waals surface area (Å²) in [6.07, 6.45) is 1.03. The van der Waals surface area contributed by atoms with Gasteiger partial charge in [-0.3, -0.25) is 4.90 Å². The van der Waals surface area contributed by atoms with E-state index in [0.717, 1.165) is 45.0 Å². The molecule has 2 rings (SSSR count). The molecule has 0 aliphatic carbocycles. The van der Waals surface area contributed by atoms with Gasteiger partial charge < -0.3 is 15.8 Å². The number of nitrogen functional groups attached to an aromatic ring is 1. The van der Waals surface area contributed by atoms with Crippen LogP contribution >= 0.6 is 0 Å². The predicted molar refractivity (Wildman–Crippen MR) is 71.4 cm³/mol. The molecule has 1 aliphatic rings. The van der Waals surface area contributed by atoms with E-state index in [1.807, 2.05) is 19.2 Å². The lowest BCUT2D eigenvalue weighted by Gasteiger charge is -2.26. The van der Waals surface area contributed by atoms with Crippen LogP contribution in [0, 0.1) is 0 Å². The quantitative estimate of drug-likeness (QED) is 0.770. The number of nitrogens with zero attached hydrogens (tertiary/aromatic N) is 1. The third kappa shape index (κ3) is 3.35. The minimum absolute atomic E-state index is 0.834. The fraction of sp³-hybridized carbons (Fsp3) is 0.538.